The molecule has 3 aromatic heterocycles. The minimum atomic E-state index is 0.595. The Morgan fingerprint density at radius 2 is 2.15 bits per heavy atom. The molecule has 20 heavy (non-hydrogen) atoms. The zero-order chi connectivity index (χ0) is 13.9. The summed E-state index contributed by atoms with van der Waals surface area (Å²) in [7, 11) is 0. The average molecular weight is 333 g/mol. The van der Waals surface area contributed by atoms with Gasteiger partial charge in [-0.1, -0.05) is 0 Å². The van der Waals surface area contributed by atoms with Crippen molar-refractivity contribution in [3.63, 3.8) is 0 Å². The molecule has 0 spiro atoms. The number of pyridine rings is 1. The lowest BCUT2D eigenvalue weighted by molar-refractivity contribution is 0.495. The number of aryl methyl sites for hydroxylation is 1. The lowest BCUT2D eigenvalue weighted by Gasteiger charge is -2.11. The summed E-state index contributed by atoms with van der Waals surface area (Å²) in [5, 5.41) is 3.33. The van der Waals surface area contributed by atoms with Crippen LogP contribution in [0, 0.1) is 6.92 Å². The Balaban J connectivity index is 1.85. The molecule has 0 saturated heterocycles. The second-order valence-corrected chi connectivity index (χ2v) is 5.06. The summed E-state index contributed by atoms with van der Waals surface area (Å²) >= 11 is 3.29. The number of nitrogens with one attached hydrogen (secondary N) is 1. The number of anilines is 1. The van der Waals surface area contributed by atoms with Gasteiger partial charge in [0.05, 0.1) is 12.2 Å². The SMILES string of the molecule is Cc1nccn1-c1ncccc1NCc1ccc(Br)o1. The highest BCUT2D eigenvalue weighted by atomic mass is 79.9. The number of aromatic nitrogens is 3. The Kier molecular flexibility index (Phi) is 3.56. The van der Waals surface area contributed by atoms with Crippen LogP contribution in [0.25, 0.3) is 5.82 Å². The monoisotopic (exact) mass is 332 g/mol. The molecule has 6 heteroatoms. The van der Waals surface area contributed by atoms with Crippen LogP contribution >= 0.6 is 15.9 Å². The van der Waals surface area contributed by atoms with Crippen molar-refractivity contribution in [3.8, 4) is 5.82 Å². The minimum absolute atomic E-state index is 0.595. The van der Waals surface area contributed by atoms with Crippen molar-refractivity contribution >= 4 is 21.6 Å². The largest absolute Gasteiger partial charge is 0.452 e. The predicted octanol–water partition coefficient (Wildman–Crippen LogP) is 3.54. The molecule has 5 nitrogen and oxygen atoms in total. The van der Waals surface area contributed by atoms with Crippen LogP contribution in [0.4, 0.5) is 5.69 Å². The molecule has 0 saturated carbocycles. The van der Waals surface area contributed by atoms with Crippen molar-refractivity contribution in [2.75, 3.05) is 5.32 Å². The summed E-state index contributed by atoms with van der Waals surface area (Å²) in [5.74, 6) is 2.58. The van der Waals surface area contributed by atoms with Crippen LogP contribution in [0.2, 0.25) is 0 Å². The normalized spacial score (nSPS) is 10.7. The first kappa shape index (κ1) is 12.9. The van der Waals surface area contributed by atoms with Crippen LogP contribution in [0.3, 0.4) is 0 Å². The predicted molar refractivity (Wildman–Crippen MR) is 79.8 cm³/mol. The van der Waals surface area contributed by atoms with Crippen LogP contribution in [0.5, 0.6) is 0 Å². The molecule has 0 bridgehead atoms. The maximum absolute atomic E-state index is 5.47. The molecule has 0 unspecified atom stereocenters. The molecule has 3 rings (SSSR count). The highest BCUT2D eigenvalue weighted by Crippen LogP contribution is 2.20. The van der Waals surface area contributed by atoms with Crippen molar-refractivity contribution < 1.29 is 4.42 Å². The van der Waals surface area contributed by atoms with E-state index in [9.17, 15) is 0 Å². The van der Waals surface area contributed by atoms with Crippen LogP contribution < -0.4 is 5.32 Å². The van der Waals surface area contributed by atoms with Gasteiger partial charge in [0.25, 0.3) is 0 Å². The first-order chi connectivity index (χ1) is 9.74. The highest BCUT2D eigenvalue weighted by Gasteiger charge is 2.08. The van der Waals surface area contributed by atoms with Crippen molar-refractivity contribution in [2.24, 2.45) is 0 Å². The number of furan rings is 1. The van der Waals surface area contributed by atoms with Crippen molar-refractivity contribution in [2.45, 2.75) is 13.5 Å². The lowest BCUT2D eigenvalue weighted by atomic mass is 10.3. The Labute approximate surface area is 124 Å². The summed E-state index contributed by atoms with van der Waals surface area (Å²) in [6.45, 7) is 2.54. The van der Waals surface area contributed by atoms with E-state index in [1.807, 2.05) is 42.0 Å². The highest BCUT2D eigenvalue weighted by molar-refractivity contribution is 9.10. The van der Waals surface area contributed by atoms with Crippen molar-refractivity contribution in [1.82, 2.24) is 14.5 Å². The van der Waals surface area contributed by atoms with Crippen LogP contribution in [0.15, 0.2) is 51.9 Å². The molecule has 3 aromatic rings. The zero-order valence-corrected chi connectivity index (χ0v) is 12.5. The fraction of sp³-hybridized carbons (Fsp3) is 0.143. The quantitative estimate of drug-likeness (QED) is 0.793. The van der Waals surface area contributed by atoms with Crippen molar-refractivity contribution in [3.05, 3.63) is 59.1 Å². The van der Waals surface area contributed by atoms with E-state index in [1.165, 1.54) is 0 Å². The molecular formula is C14H13BrN4O. The topological polar surface area (TPSA) is 55.9 Å². The number of hydrogen-bond acceptors (Lipinski definition) is 4. The van der Waals surface area contributed by atoms with E-state index in [-0.39, 0.29) is 0 Å². The Hall–Kier alpha value is -2.08. The molecule has 0 aliphatic rings. The summed E-state index contributed by atoms with van der Waals surface area (Å²) in [4.78, 5) is 8.65. The smallest absolute Gasteiger partial charge is 0.169 e. The molecule has 0 atom stereocenters. The standard InChI is InChI=1S/C14H13BrN4O/c1-10-16-7-8-19(10)14-12(3-2-6-17-14)18-9-11-4-5-13(15)20-11/h2-8,18H,9H2,1H3. The molecular weight excluding hydrogens is 320 g/mol. The number of nitrogens with zero attached hydrogens (tertiary/aromatic N) is 3. The Bertz CT molecular complexity index is 719. The molecule has 0 aliphatic heterocycles. The third-order valence-corrected chi connectivity index (χ3v) is 3.35. The molecule has 0 aromatic carbocycles. The summed E-state index contributed by atoms with van der Waals surface area (Å²) < 4.78 is 8.15. The second kappa shape index (κ2) is 5.50. The van der Waals surface area contributed by atoms with Gasteiger partial charge in [-0.05, 0) is 47.1 Å². The summed E-state index contributed by atoms with van der Waals surface area (Å²) in [6, 6.07) is 7.69. The first-order valence-corrected chi connectivity index (χ1v) is 6.97. The van der Waals surface area contributed by atoms with Gasteiger partial charge >= 0.3 is 0 Å². The van der Waals surface area contributed by atoms with Crippen molar-refractivity contribution in [1.29, 1.82) is 0 Å². The zero-order valence-electron chi connectivity index (χ0n) is 10.9. The average Bonchev–Trinajstić information content (AvgIpc) is 3.05. The van der Waals surface area contributed by atoms with Gasteiger partial charge in [-0.15, -0.1) is 0 Å². The van der Waals surface area contributed by atoms with Gasteiger partial charge in [-0.3, -0.25) is 4.57 Å². The lowest BCUT2D eigenvalue weighted by Crippen LogP contribution is -2.06. The summed E-state index contributed by atoms with van der Waals surface area (Å²) in [6.07, 6.45) is 5.42. The number of hydrogen-bond donors (Lipinski definition) is 1. The van der Waals surface area contributed by atoms with E-state index in [2.05, 4.69) is 31.2 Å². The number of rotatable bonds is 4. The fourth-order valence-electron chi connectivity index (χ4n) is 1.96. The molecule has 102 valence electrons. The van der Waals surface area contributed by atoms with Gasteiger partial charge in [0.1, 0.15) is 11.6 Å². The Morgan fingerprint density at radius 1 is 1.25 bits per heavy atom. The third-order valence-electron chi connectivity index (χ3n) is 2.92. The molecule has 0 amide bonds. The van der Waals surface area contributed by atoms with Gasteiger partial charge < -0.3 is 9.73 Å². The Morgan fingerprint density at radius 3 is 2.85 bits per heavy atom. The maximum atomic E-state index is 5.47. The van der Waals surface area contributed by atoms with Crippen LogP contribution in [0.1, 0.15) is 11.6 Å². The first-order valence-electron chi connectivity index (χ1n) is 6.17. The van der Waals surface area contributed by atoms with E-state index in [0.29, 0.717) is 6.54 Å². The van der Waals surface area contributed by atoms with Gasteiger partial charge in [0.2, 0.25) is 0 Å². The van der Waals surface area contributed by atoms with E-state index < -0.39 is 0 Å². The van der Waals surface area contributed by atoms with Crippen LogP contribution in [-0.2, 0) is 6.54 Å². The van der Waals surface area contributed by atoms with E-state index in [1.54, 1.807) is 12.4 Å². The van der Waals surface area contributed by atoms with E-state index in [4.69, 9.17) is 4.42 Å². The molecule has 1 N–H and O–H groups in total. The number of imidazole rings is 1. The van der Waals surface area contributed by atoms with Crippen LogP contribution in [-0.4, -0.2) is 14.5 Å². The second-order valence-electron chi connectivity index (χ2n) is 4.28. The van der Waals surface area contributed by atoms with Gasteiger partial charge in [0.15, 0.2) is 10.5 Å². The van der Waals surface area contributed by atoms with Gasteiger partial charge in [-0.25, -0.2) is 9.97 Å². The van der Waals surface area contributed by atoms with Gasteiger partial charge in [-0.2, -0.15) is 0 Å². The van der Waals surface area contributed by atoms with E-state index >= 15 is 0 Å². The molecule has 0 fully saturated rings. The molecule has 0 radical (unpaired) electrons. The fourth-order valence-corrected chi connectivity index (χ4v) is 2.30. The number of halogens is 1. The minimum Gasteiger partial charge on any atom is -0.452 e. The third kappa shape index (κ3) is 2.60. The van der Waals surface area contributed by atoms with Gasteiger partial charge in [0, 0.05) is 18.6 Å². The maximum Gasteiger partial charge on any atom is 0.169 e. The summed E-state index contributed by atoms with van der Waals surface area (Å²) in [5.41, 5.74) is 0.932. The molecule has 3 heterocycles. The molecule has 0 aliphatic carbocycles. The van der Waals surface area contributed by atoms with E-state index in [0.717, 1.165) is 27.8 Å².